The van der Waals surface area contributed by atoms with Crippen molar-refractivity contribution in [3.63, 3.8) is 0 Å². The smallest absolute Gasteiger partial charge is 0.205 e. The molecule has 148 valence electrons. The number of aliphatic hydroxyl groups is 6. The average molecular weight is 366 g/mol. The highest BCUT2D eigenvalue weighted by Gasteiger charge is 2.55. The Balaban J connectivity index is 3.62. The van der Waals surface area contributed by atoms with Crippen LogP contribution < -0.4 is 0 Å². The second kappa shape index (κ2) is 8.53. The third kappa shape index (κ3) is 3.45. The fourth-order valence-electron chi connectivity index (χ4n) is 2.94. The van der Waals surface area contributed by atoms with Crippen molar-refractivity contribution >= 4 is 5.96 Å². The zero-order chi connectivity index (χ0) is 19.4. The van der Waals surface area contributed by atoms with Gasteiger partial charge in [-0.05, 0) is 20.9 Å². The van der Waals surface area contributed by atoms with Gasteiger partial charge in [-0.2, -0.15) is 0 Å². The van der Waals surface area contributed by atoms with Crippen LogP contribution in [0.25, 0.3) is 0 Å². The first-order valence-electron chi connectivity index (χ1n) is 7.70. The highest BCUT2D eigenvalue weighted by Crippen LogP contribution is 2.37. The normalized spacial score (nSPS) is 28.0. The van der Waals surface area contributed by atoms with E-state index in [0.717, 1.165) is 4.90 Å². The van der Waals surface area contributed by atoms with Gasteiger partial charge < -0.3 is 35.5 Å². The Morgan fingerprint density at radius 3 is 1.60 bits per heavy atom. The third-order valence-corrected chi connectivity index (χ3v) is 5.02. The van der Waals surface area contributed by atoms with Gasteiger partial charge in [0.25, 0.3) is 0 Å². The molecule has 0 aromatic carbocycles. The first-order valence-corrected chi connectivity index (χ1v) is 7.70. The van der Waals surface area contributed by atoms with Crippen molar-refractivity contribution in [3.05, 3.63) is 0 Å². The van der Waals surface area contributed by atoms with Crippen LogP contribution in [0.1, 0.15) is 13.8 Å². The zero-order valence-corrected chi connectivity index (χ0v) is 15.1. The van der Waals surface area contributed by atoms with E-state index >= 15 is 0 Å². The predicted octanol–water partition coefficient (Wildman–Crippen LogP) is -3.83. The highest BCUT2D eigenvalue weighted by atomic mass is 16.3. The fourth-order valence-corrected chi connectivity index (χ4v) is 2.94. The molecule has 2 atom stereocenters. The standard InChI is InChI=1S/C13H30N6O6/c1-12(18(7-22)8-23)14-11(17(5-20)6-21)15(3)13(2,16(12)4)19(9-24)10-25/h20-25H,5-10H2,1-4H3. The van der Waals surface area contributed by atoms with Gasteiger partial charge in [0.05, 0.1) is 0 Å². The molecule has 0 aromatic heterocycles. The summed E-state index contributed by atoms with van der Waals surface area (Å²) in [5, 5.41) is 57.7. The second-order valence-electron chi connectivity index (χ2n) is 5.94. The van der Waals surface area contributed by atoms with Gasteiger partial charge in [0.2, 0.25) is 5.96 Å². The molecule has 0 spiro atoms. The summed E-state index contributed by atoms with van der Waals surface area (Å²) in [5.74, 6) is -2.35. The topological polar surface area (TPSA) is 150 Å². The molecular formula is C13H30N6O6. The van der Waals surface area contributed by atoms with Crippen molar-refractivity contribution in [1.82, 2.24) is 24.5 Å². The summed E-state index contributed by atoms with van der Waals surface area (Å²) in [6.45, 7) is 0.187. The molecule has 1 rings (SSSR count). The molecule has 0 saturated carbocycles. The number of hydrogen-bond donors (Lipinski definition) is 6. The first kappa shape index (κ1) is 22.0. The van der Waals surface area contributed by atoms with E-state index in [1.807, 2.05) is 0 Å². The molecule has 12 heteroatoms. The quantitative estimate of drug-likeness (QED) is 0.235. The van der Waals surface area contributed by atoms with Gasteiger partial charge in [-0.3, -0.25) is 4.90 Å². The highest BCUT2D eigenvalue weighted by molar-refractivity contribution is 5.81. The van der Waals surface area contributed by atoms with Crippen LogP contribution in [0.3, 0.4) is 0 Å². The maximum Gasteiger partial charge on any atom is 0.205 e. The Labute approximate surface area is 147 Å². The lowest BCUT2D eigenvalue weighted by Gasteiger charge is -2.61. The van der Waals surface area contributed by atoms with Gasteiger partial charge in [-0.25, -0.2) is 19.7 Å². The van der Waals surface area contributed by atoms with Crippen molar-refractivity contribution in [2.45, 2.75) is 25.4 Å². The van der Waals surface area contributed by atoms with E-state index in [1.54, 1.807) is 37.7 Å². The van der Waals surface area contributed by atoms with E-state index in [9.17, 15) is 30.6 Å². The molecule has 1 aliphatic rings. The van der Waals surface area contributed by atoms with Crippen LogP contribution in [0, 0.1) is 0 Å². The molecule has 6 N–H and O–H groups in total. The van der Waals surface area contributed by atoms with Crippen LogP contribution in [0.4, 0.5) is 0 Å². The van der Waals surface area contributed by atoms with E-state index in [0.29, 0.717) is 0 Å². The Bertz CT molecular complexity index is 458. The summed E-state index contributed by atoms with van der Waals surface area (Å²) in [5.41, 5.74) is 0. The predicted molar refractivity (Wildman–Crippen MR) is 87.8 cm³/mol. The maximum atomic E-state index is 9.69. The van der Waals surface area contributed by atoms with Crippen LogP contribution in [0.2, 0.25) is 0 Å². The summed E-state index contributed by atoms with van der Waals surface area (Å²) >= 11 is 0. The summed E-state index contributed by atoms with van der Waals surface area (Å²) in [4.78, 5) is 11.4. The minimum Gasteiger partial charge on any atom is -0.381 e. The van der Waals surface area contributed by atoms with Gasteiger partial charge in [-0.1, -0.05) is 0 Å². The lowest BCUT2D eigenvalue weighted by Crippen LogP contribution is -2.79. The van der Waals surface area contributed by atoms with Crippen molar-refractivity contribution < 1.29 is 30.6 Å². The fraction of sp³-hybridized carbons (Fsp3) is 0.923. The Kier molecular flexibility index (Phi) is 7.49. The second-order valence-corrected chi connectivity index (χ2v) is 5.94. The van der Waals surface area contributed by atoms with E-state index in [1.165, 1.54) is 9.80 Å². The van der Waals surface area contributed by atoms with E-state index in [2.05, 4.69) is 4.99 Å². The number of rotatable bonds is 8. The van der Waals surface area contributed by atoms with Crippen LogP contribution in [0.15, 0.2) is 4.99 Å². The molecule has 0 radical (unpaired) electrons. The summed E-state index contributed by atoms with van der Waals surface area (Å²) in [6.07, 6.45) is 0. The Morgan fingerprint density at radius 2 is 1.24 bits per heavy atom. The molecule has 0 fully saturated rings. The zero-order valence-electron chi connectivity index (χ0n) is 15.1. The van der Waals surface area contributed by atoms with E-state index in [4.69, 9.17) is 0 Å². The molecular weight excluding hydrogens is 336 g/mol. The van der Waals surface area contributed by atoms with Gasteiger partial charge in [0, 0.05) is 7.05 Å². The molecule has 0 saturated heterocycles. The van der Waals surface area contributed by atoms with Crippen molar-refractivity contribution in [1.29, 1.82) is 0 Å². The lowest BCUT2D eigenvalue weighted by atomic mass is 10.1. The lowest BCUT2D eigenvalue weighted by molar-refractivity contribution is -0.246. The van der Waals surface area contributed by atoms with Crippen LogP contribution >= 0.6 is 0 Å². The summed E-state index contributed by atoms with van der Waals surface area (Å²) in [6, 6.07) is 0. The minimum absolute atomic E-state index is 0.145. The number of hydrogen-bond acceptors (Lipinski definition) is 12. The Morgan fingerprint density at radius 1 is 0.800 bits per heavy atom. The van der Waals surface area contributed by atoms with Gasteiger partial charge in [0.15, 0.2) is 11.6 Å². The van der Waals surface area contributed by atoms with Gasteiger partial charge >= 0.3 is 0 Å². The van der Waals surface area contributed by atoms with Crippen molar-refractivity contribution in [3.8, 4) is 0 Å². The minimum atomic E-state index is -1.31. The molecule has 1 aliphatic heterocycles. The van der Waals surface area contributed by atoms with Gasteiger partial charge in [-0.15, -0.1) is 0 Å². The van der Waals surface area contributed by atoms with E-state index < -0.39 is 52.0 Å². The molecule has 2 unspecified atom stereocenters. The molecule has 25 heavy (non-hydrogen) atoms. The van der Waals surface area contributed by atoms with Crippen LogP contribution in [0.5, 0.6) is 0 Å². The average Bonchev–Trinajstić information content (AvgIpc) is 2.61. The number of nitrogens with zero attached hydrogens (tertiary/aromatic N) is 6. The maximum absolute atomic E-state index is 9.69. The molecule has 1 heterocycles. The largest absolute Gasteiger partial charge is 0.381 e. The number of aliphatic imine (C=N–C) groups is 1. The molecule has 0 amide bonds. The SMILES string of the molecule is CN1C(N(CO)CO)=NC(C)(N(CO)CO)N(C)C1(C)N(CO)CO. The number of guanidine groups is 1. The number of aliphatic hydroxyl groups excluding tert-OH is 6. The molecule has 12 nitrogen and oxygen atoms in total. The Hall–Kier alpha value is -1.09. The van der Waals surface area contributed by atoms with E-state index in [-0.39, 0.29) is 5.96 Å². The third-order valence-electron chi connectivity index (χ3n) is 5.02. The van der Waals surface area contributed by atoms with Crippen LogP contribution in [-0.4, -0.2) is 127 Å². The summed E-state index contributed by atoms with van der Waals surface area (Å²) in [7, 11) is 3.27. The van der Waals surface area contributed by atoms with Crippen molar-refractivity contribution in [2.24, 2.45) is 4.99 Å². The van der Waals surface area contributed by atoms with Crippen molar-refractivity contribution in [2.75, 3.05) is 54.5 Å². The first-order chi connectivity index (χ1) is 11.7. The summed E-state index contributed by atoms with van der Waals surface area (Å²) < 4.78 is 0. The van der Waals surface area contributed by atoms with Crippen LogP contribution in [-0.2, 0) is 0 Å². The van der Waals surface area contributed by atoms with Gasteiger partial charge in [0.1, 0.15) is 40.4 Å². The molecule has 0 aliphatic carbocycles. The monoisotopic (exact) mass is 366 g/mol. The molecule has 0 aromatic rings. The molecule has 0 bridgehead atoms.